The minimum atomic E-state index is -0.0966. The molecule has 0 aromatic carbocycles. The maximum Gasteiger partial charge on any atom is 0.0679 e. The van der Waals surface area contributed by atoms with Crippen LogP contribution in [-0.2, 0) is 0 Å². The lowest BCUT2D eigenvalue weighted by atomic mass is 9.96. The van der Waals surface area contributed by atoms with E-state index in [2.05, 4.69) is 31.4 Å². The summed E-state index contributed by atoms with van der Waals surface area (Å²) in [5.41, 5.74) is 0.271. The van der Waals surface area contributed by atoms with E-state index in [9.17, 15) is 5.11 Å². The second-order valence-corrected chi connectivity index (χ2v) is 4.82. The molecule has 1 atom stereocenters. The molecule has 1 N–H and O–H groups in total. The average molecular weight is 189 g/mol. The summed E-state index contributed by atoms with van der Waals surface area (Å²) >= 11 is 4.31. The maximum absolute atomic E-state index is 9.31. The van der Waals surface area contributed by atoms with Crippen molar-refractivity contribution in [2.24, 2.45) is 5.41 Å². The lowest BCUT2D eigenvalue weighted by Crippen LogP contribution is -2.34. The number of nitrogens with zero attached hydrogens (tertiary/aromatic N) is 1. The van der Waals surface area contributed by atoms with Gasteiger partial charge in [0.2, 0.25) is 0 Å². The van der Waals surface area contributed by atoms with Crippen molar-refractivity contribution in [3.63, 3.8) is 0 Å². The molecule has 3 heteroatoms. The first kappa shape index (κ1) is 10.4. The van der Waals surface area contributed by atoms with Crippen molar-refractivity contribution in [1.29, 1.82) is 0 Å². The Bertz CT molecular complexity index is 149. The summed E-state index contributed by atoms with van der Waals surface area (Å²) < 4.78 is 0. The van der Waals surface area contributed by atoms with Crippen LogP contribution >= 0.6 is 12.6 Å². The standard InChI is InChI=1S/C9H19NOS/c1-9(2,7-12)6-10-4-3-8(11)5-10/h8,11-12H,3-7H2,1-2H3. The van der Waals surface area contributed by atoms with E-state index in [0.29, 0.717) is 0 Å². The number of thiol groups is 1. The van der Waals surface area contributed by atoms with Crippen LogP contribution in [0.3, 0.4) is 0 Å². The Morgan fingerprint density at radius 3 is 2.67 bits per heavy atom. The molecule has 0 amide bonds. The Morgan fingerprint density at radius 1 is 1.58 bits per heavy atom. The Balaban J connectivity index is 2.32. The lowest BCUT2D eigenvalue weighted by Gasteiger charge is -2.28. The molecule has 0 aromatic rings. The molecule has 1 saturated heterocycles. The van der Waals surface area contributed by atoms with Crippen molar-refractivity contribution in [3.05, 3.63) is 0 Å². The number of aliphatic hydroxyl groups excluding tert-OH is 1. The van der Waals surface area contributed by atoms with Crippen molar-refractivity contribution in [2.45, 2.75) is 26.4 Å². The number of hydrogen-bond acceptors (Lipinski definition) is 3. The molecule has 1 rings (SSSR count). The zero-order chi connectivity index (χ0) is 9.19. The van der Waals surface area contributed by atoms with Gasteiger partial charge in [-0.25, -0.2) is 0 Å². The fourth-order valence-corrected chi connectivity index (χ4v) is 1.71. The van der Waals surface area contributed by atoms with Gasteiger partial charge in [0.1, 0.15) is 0 Å². The van der Waals surface area contributed by atoms with Crippen LogP contribution in [0.2, 0.25) is 0 Å². The fourth-order valence-electron chi connectivity index (χ4n) is 1.61. The summed E-state index contributed by atoms with van der Waals surface area (Å²) in [4.78, 5) is 2.32. The molecule has 12 heavy (non-hydrogen) atoms. The van der Waals surface area contributed by atoms with Gasteiger partial charge >= 0.3 is 0 Å². The Kier molecular flexibility index (Phi) is 3.44. The molecule has 1 aliphatic heterocycles. The minimum absolute atomic E-state index is 0.0966. The lowest BCUT2D eigenvalue weighted by molar-refractivity contribution is 0.161. The van der Waals surface area contributed by atoms with Crippen molar-refractivity contribution >= 4 is 12.6 Å². The van der Waals surface area contributed by atoms with E-state index in [0.717, 1.165) is 31.8 Å². The molecule has 1 aliphatic rings. The van der Waals surface area contributed by atoms with E-state index in [4.69, 9.17) is 0 Å². The summed E-state index contributed by atoms with van der Waals surface area (Å²) in [7, 11) is 0. The smallest absolute Gasteiger partial charge is 0.0679 e. The number of aliphatic hydroxyl groups is 1. The molecule has 0 saturated carbocycles. The molecule has 0 aromatic heterocycles. The predicted octanol–water partition coefficient (Wildman–Crippen LogP) is 1.01. The highest BCUT2D eigenvalue weighted by Crippen LogP contribution is 2.21. The molecule has 0 aliphatic carbocycles. The maximum atomic E-state index is 9.31. The molecule has 1 unspecified atom stereocenters. The molecule has 0 bridgehead atoms. The zero-order valence-electron chi connectivity index (χ0n) is 7.95. The van der Waals surface area contributed by atoms with Crippen molar-refractivity contribution in [1.82, 2.24) is 4.90 Å². The zero-order valence-corrected chi connectivity index (χ0v) is 8.85. The molecule has 0 spiro atoms. The van der Waals surface area contributed by atoms with Gasteiger partial charge in [-0.05, 0) is 17.6 Å². The number of β-amino-alcohol motifs (C(OH)–C–C–N with tert-alkyl or cyclic N) is 1. The molecular formula is C9H19NOS. The van der Waals surface area contributed by atoms with Crippen LogP contribution < -0.4 is 0 Å². The first-order valence-corrected chi connectivity index (χ1v) is 5.18. The monoisotopic (exact) mass is 189 g/mol. The molecular weight excluding hydrogens is 170 g/mol. The predicted molar refractivity (Wildman–Crippen MR) is 54.7 cm³/mol. The van der Waals surface area contributed by atoms with Gasteiger partial charge in [0.15, 0.2) is 0 Å². The molecule has 2 nitrogen and oxygen atoms in total. The van der Waals surface area contributed by atoms with E-state index in [1.165, 1.54) is 0 Å². The number of hydrogen-bond donors (Lipinski definition) is 2. The summed E-state index contributed by atoms with van der Waals surface area (Å²) in [5.74, 6) is 0.902. The third kappa shape index (κ3) is 2.96. The normalized spacial score (nSPS) is 26.5. The molecule has 72 valence electrons. The third-order valence-electron chi connectivity index (χ3n) is 2.33. The third-order valence-corrected chi connectivity index (χ3v) is 3.18. The van der Waals surface area contributed by atoms with Gasteiger partial charge in [-0.15, -0.1) is 0 Å². The summed E-state index contributed by atoms with van der Waals surface area (Å²) in [6.45, 7) is 7.36. The summed E-state index contributed by atoms with van der Waals surface area (Å²) in [6.07, 6.45) is 0.837. The Labute approximate surface area is 80.4 Å². The number of likely N-dealkylation sites (tertiary alicyclic amines) is 1. The Morgan fingerprint density at radius 2 is 2.25 bits per heavy atom. The van der Waals surface area contributed by atoms with Crippen molar-refractivity contribution in [2.75, 3.05) is 25.4 Å². The van der Waals surface area contributed by atoms with Gasteiger partial charge in [0.05, 0.1) is 6.10 Å². The number of rotatable bonds is 3. The van der Waals surface area contributed by atoms with E-state index >= 15 is 0 Å². The highest BCUT2D eigenvalue weighted by molar-refractivity contribution is 7.80. The van der Waals surface area contributed by atoms with Crippen molar-refractivity contribution < 1.29 is 5.11 Å². The second kappa shape index (κ2) is 3.99. The van der Waals surface area contributed by atoms with Crippen LogP contribution in [0.1, 0.15) is 20.3 Å². The molecule has 1 heterocycles. The average Bonchev–Trinajstić information content (AvgIpc) is 2.35. The van der Waals surface area contributed by atoms with Gasteiger partial charge in [-0.3, -0.25) is 0 Å². The SMILES string of the molecule is CC(C)(CS)CN1CCC(O)C1. The summed E-state index contributed by atoms with van der Waals surface area (Å²) in [6, 6.07) is 0. The van der Waals surface area contributed by atoms with Crippen LogP contribution in [0, 0.1) is 5.41 Å². The Hall–Kier alpha value is 0.270. The van der Waals surface area contributed by atoms with Crippen LogP contribution in [0.15, 0.2) is 0 Å². The topological polar surface area (TPSA) is 23.5 Å². The quantitative estimate of drug-likeness (QED) is 0.647. The van der Waals surface area contributed by atoms with E-state index in [1.807, 2.05) is 0 Å². The van der Waals surface area contributed by atoms with E-state index in [1.54, 1.807) is 0 Å². The first-order valence-electron chi connectivity index (χ1n) is 4.55. The van der Waals surface area contributed by atoms with Gasteiger partial charge in [0.25, 0.3) is 0 Å². The van der Waals surface area contributed by atoms with Crippen molar-refractivity contribution in [3.8, 4) is 0 Å². The van der Waals surface area contributed by atoms with Gasteiger partial charge < -0.3 is 10.0 Å². The van der Waals surface area contributed by atoms with Crippen LogP contribution in [0.25, 0.3) is 0 Å². The van der Waals surface area contributed by atoms with E-state index in [-0.39, 0.29) is 11.5 Å². The van der Waals surface area contributed by atoms with Crippen LogP contribution in [0.5, 0.6) is 0 Å². The van der Waals surface area contributed by atoms with Gasteiger partial charge in [0, 0.05) is 19.6 Å². The minimum Gasteiger partial charge on any atom is -0.392 e. The largest absolute Gasteiger partial charge is 0.392 e. The second-order valence-electron chi connectivity index (χ2n) is 4.50. The van der Waals surface area contributed by atoms with Crippen LogP contribution in [0.4, 0.5) is 0 Å². The van der Waals surface area contributed by atoms with Gasteiger partial charge in [-0.2, -0.15) is 12.6 Å². The fraction of sp³-hybridized carbons (Fsp3) is 1.00. The first-order chi connectivity index (χ1) is 5.53. The molecule has 0 radical (unpaired) electrons. The highest BCUT2D eigenvalue weighted by Gasteiger charge is 2.25. The highest BCUT2D eigenvalue weighted by atomic mass is 32.1. The van der Waals surface area contributed by atoms with E-state index < -0.39 is 0 Å². The van der Waals surface area contributed by atoms with Crippen LogP contribution in [-0.4, -0.2) is 41.5 Å². The van der Waals surface area contributed by atoms with Gasteiger partial charge in [-0.1, -0.05) is 13.8 Å². The summed E-state index contributed by atoms with van der Waals surface area (Å²) in [5, 5.41) is 9.31. The molecule has 1 fully saturated rings.